The Morgan fingerprint density at radius 2 is 1.96 bits per heavy atom. The van der Waals surface area contributed by atoms with Crippen molar-refractivity contribution < 1.29 is 14.7 Å². The van der Waals surface area contributed by atoms with Gasteiger partial charge in [-0.3, -0.25) is 14.7 Å². The maximum absolute atomic E-state index is 12.5. The van der Waals surface area contributed by atoms with Gasteiger partial charge >= 0.3 is 5.97 Å². The number of nitrogens with one attached hydrogen (secondary N) is 2. The number of benzene rings is 1. The molecular weight excluding hydrogens is 320 g/mol. The third-order valence-electron chi connectivity index (χ3n) is 4.63. The Balaban J connectivity index is 1.77. The first-order chi connectivity index (χ1) is 12.0. The highest BCUT2D eigenvalue weighted by Gasteiger charge is 2.34. The van der Waals surface area contributed by atoms with E-state index in [9.17, 15) is 9.59 Å². The molecule has 1 aromatic carbocycles. The molecule has 0 bridgehead atoms. The van der Waals surface area contributed by atoms with Crippen LogP contribution in [-0.2, 0) is 9.59 Å². The Labute approximate surface area is 145 Å². The number of anilines is 1. The fourth-order valence-electron chi connectivity index (χ4n) is 3.12. The molecule has 1 aromatic heterocycles. The molecule has 25 heavy (non-hydrogen) atoms. The largest absolute Gasteiger partial charge is 0.481 e. The number of rotatable bonds is 5. The first kappa shape index (κ1) is 17.1. The van der Waals surface area contributed by atoms with Crippen LogP contribution in [0.5, 0.6) is 0 Å². The molecule has 7 heteroatoms. The van der Waals surface area contributed by atoms with Crippen LogP contribution < -0.4 is 5.32 Å². The van der Waals surface area contributed by atoms with Crippen LogP contribution in [0, 0.1) is 11.8 Å². The third kappa shape index (κ3) is 3.70. The summed E-state index contributed by atoms with van der Waals surface area (Å²) in [6.07, 6.45) is 1.54. The highest BCUT2D eigenvalue weighted by molar-refractivity contribution is 5.96. The van der Waals surface area contributed by atoms with Crippen molar-refractivity contribution >= 4 is 17.6 Å². The van der Waals surface area contributed by atoms with Crippen molar-refractivity contribution in [3.63, 3.8) is 0 Å². The fourth-order valence-corrected chi connectivity index (χ4v) is 3.12. The summed E-state index contributed by atoms with van der Waals surface area (Å²) in [5.41, 5.74) is 1.38. The fraction of sp³-hybridized carbons (Fsp3) is 0.444. The van der Waals surface area contributed by atoms with Gasteiger partial charge in [-0.15, -0.1) is 0 Å². The smallest absolute Gasteiger partial charge is 0.306 e. The van der Waals surface area contributed by atoms with E-state index < -0.39 is 11.9 Å². The summed E-state index contributed by atoms with van der Waals surface area (Å²) in [4.78, 5) is 28.1. The number of para-hydroxylation sites is 1. The molecule has 1 amide bonds. The van der Waals surface area contributed by atoms with Crippen LogP contribution in [0.2, 0.25) is 0 Å². The number of carboxylic acid groups (broad SMARTS) is 1. The van der Waals surface area contributed by atoms with Crippen LogP contribution >= 0.6 is 0 Å². The maximum Gasteiger partial charge on any atom is 0.306 e. The summed E-state index contributed by atoms with van der Waals surface area (Å²) in [6.45, 7) is 4.05. The van der Waals surface area contributed by atoms with Crippen molar-refractivity contribution in [1.82, 2.24) is 15.2 Å². The molecule has 1 heterocycles. The average Bonchev–Trinajstić information content (AvgIpc) is 3.25. The summed E-state index contributed by atoms with van der Waals surface area (Å²) >= 11 is 0. The first-order valence-electron chi connectivity index (χ1n) is 8.51. The predicted molar refractivity (Wildman–Crippen MR) is 93.0 cm³/mol. The second kappa shape index (κ2) is 7.04. The lowest BCUT2D eigenvalue weighted by atomic mass is 10.0. The molecule has 1 fully saturated rings. The molecule has 2 aromatic rings. The quantitative estimate of drug-likeness (QED) is 0.774. The number of carboxylic acids is 1. The molecule has 1 saturated carbocycles. The number of aromatic nitrogens is 3. The zero-order valence-electron chi connectivity index (χ0n) is 14.3. The number of aromatic amines is 1. The Morgan fingerprint density at radius 3 is 2.60 bits per heavy atom. The van der Waals surface area contributed by atoms with E-state index in [1.54, 1.807) is 0 Å². The zero-order chi connectivity index (χ0) is 18.0. The SMILES string of the molecule is CC(C)c1nc(-c2ccccc2NC(=O)[C@@H]2CC[C@H](C(=O)O)C2)n[nH]1. The van der Waals surface area contributed by atoms with E-state index in [2.05, 4.69) is 20.5 Å². The zero-order valence-corrected chi connectivity index (χ0v) is 14.3. The minimum absolute atomic E-state index is 0.143. The molecular formula is C18H22N4O3. The molecule has 0 unspecified atom stereocenters. The number of carbonyl (C=O) groups is 2. The van der Waals surface area contributed by atoms with Crippen molar-refractivity contribution in [3.8, 4) is 11.4 Å². The number of hydrogen-bond acceptors (Lipinski definition) is 4. The Hall–Kier alpha value is -2.70. The van der Waals surface area contributed by atoms with Gasteiger partial charge in [-0.2, -0.15) is 5.10 Å². The number of H-pyrrole nitrogens is 1. The van der Waals surface area contributed by atoms with Gasteiger partial charge in [0.25, 0.3) is 0 Å². The number of nitrogens with zero attached hydrogens (tertiary/aromatic N) is 2. The van der Waals surface area contributed by atoms with Crippen LogP contribution in [-0.4, -0.2) is 32.2 Å². The number of aliphatic carboxylic acids is 1. The highest BCUT2D eigenvalue weighted by atomic mass is 16.4. The molecule has 0 radical (unpaired) electrons. The number of amides is 1. The molecule has 0 aliphatic heterocycles. The van der Waals surface area contributed by atoms with Crippen molar-refractivity contribution in [3.05, 3.63) is 30.1 Å². The second-order valence-electron chi connectivity index (χ2n) is 6.78. The topological polar surface area (TPSA) is 108 Å². The third-order valence-corrected chi connectivity index (χ3v) is 4.63. The van der Waals surface area contributed by atoms with Gasteiger partial charge in [-0.25, -0.2) is 4.98 Å². The Bertz CT molecular complexity index is 784. The van der Waals surface area contributed by atoms with Crippen LogP contribution in [0.15, 0.2) is 24.3 Å². The molecule has 3 N–H and O–H groups in total. The maximum atomic E-state index is 12.5. The minimum Gasteiger partial charge on any atom is -0.481 e. The molecule has 2 atom stereocenters. The van der Waals surface area contributed by atoms with Gasteiger partial charge in [0.1, 0.15) is 5.82 Å². The average molecular weight is 342 g/mol. The van der Waals surface area contributed by atoms with Crippen molar-refractivity contribution in [2.75, 3.05) is 5.32 Å². The Morgan fingerprint density at radius 1 is 1.24 bits per heavy atom. The van der Waals surface area contributed by atoms with E-state index >= 15 is 0 Å². The summed E-state index contributed by atoms with van der Waals surface area (Å²) in [5.74, 6) is -0.103. The van der Waals surface area contributed by atoms with Gasteiger partial charge < -0.3 is 10.4 Å². The molecule has 0 spiro atoms. The lowest BCUT2D eigenvalue weighted by Gasteiger charge is -2.13. The summed E-state index contributed by atoms with van der Waals surface area (Å²) in [7, 11) is 0. The number of carbonyl (C=O) groups excluding carboxylic acids is 1. The molecule has 3 rings (SSSR count). The van der Waals surface area contributed by atoms with Crippen molar-refractivity contribution in [1.29, 1.82) is 0 Å². The standard InChI is InChI=1S/C18H22N4O3/c1-10(2)15-20-16(22-21-15)13-5-3-4-6-14(13)19-17(23)11-7-8-12(9-11)18(24)25/h3-6,10-12H,7-9H2,1-2H3,(H,19,23)(H,24,25)(H,20,21,22)/t11-,12+/m1/s1. The van der Waals surface area contributed by atoms with Crippen LogP contribution in [0.1, 0.15) is 44.9 Å². The minimum atomic E-state index is -0.822. The molecule has 132 valence electrons. The molecule has 7 nitrogen and oxygen atoms in total. The van der Waals surface area contributed by atoms with E-state index in [4.69, 9.17) is 5.11 Å². The Kier molecular flexibility index (Phi) is 4.83. The monoisotopic (exact) mass is 342 g/mol. The molecule has 0 saturated heterocycles. The highest BCUT2D eigenvalue weighted by Crippen LogP contribution is 2.33. The molecule has 1 aliphatic carbocycles. The van der Waals surface area contributed by atoms with Gasteiger partial charge in [-0.05, 0) is 31.4 Å². The van der Waals surface area contributed by atoms with Crippen LogP contribution in [0.25, 0.3) is 11.4 Å². The summed E-state index contributed by atoms with van der Waals surface area (Å²) in [5, 5.41) is 19.2. The number of hydrogen-bond donors (Lipinski definition) is 3. The van der Waals surface area contributed by atoms with E-state index in [-0.39, 0.29) is 17.7 Å². The van der Waals surface area contributed by atoms with Gasteiger partial charge in [0.05, 0.1) is 11.6 Å². The van der Waals surface area contributed by atoms with E-state index in [0.29, 0.717) is 30.8 Å². The van der Waals surface area contributed by atoms with Crippen LogP contribution in [0.3, 0.4) is 0 Å². The second-order valence-corrected chi connectivity index (χ2v) is 6.78. The van der Waals surface area contributed by atoms with E-state index in [0.717, 1.165) is 11.4 Å². The summed E-state index contributed by atoms with van der Waals surface area (Å²) in [6, 6.07) is 7.37. The van der Waals surface area contributed by atoms with E-state index in [1.165, 1.54) is 0 Å². The predicted octanol–water partition coefficient (Wildman–Crippen LogP) is 3.03. The van der Waals surface area contributed by atoms with Crippen molar-refractivity contribution in [2.24, 2.45) is 11.8 Å². The first-order valence-corrected chi connectivity index (χ1v) is 8.51. The summed E-state index contributed by atoms with van der Waals surface area (Å²) < 4.78 is 0. The van der Waals surface area contributed by atoms with Crippen molar-refractivity contribution in [2.45, 2.75) is 39.0 Å². The lowest BCUT2D eigenvalue weighted by molar-refractivity contribution is -0.141. The van der Waals surface area contributed by atoms with Crippen LogP contribution in [0.4, 0.5) is 5.69 Å². The van der Waals surface area contributed by atoms with E-state index in [1.807, 2.05) is 38.1 Å². The van der Waals surface area contributed by atoms with Gasteiger partial charge in [0.2, 0.25) is 5.91 Å². The normalized spacial score (nSPS) is 20.0. The van der Waals surface area contributed by atoms with Gasteiger partial charge in [-0.1, -0.05) is 26.0 Å². The molecule has 1 aliphatic rings. The van der Waals surface area contributed by atoms with Gasteiger partial charge in [0, 0.05) is 17.4 Å². The lowest BCUT2D eigenvalue weighted by Crippen LogP contribution is -2.22. The van der Waals surface area contributed by atoms with Gasteiger partial charge in [0.15, 0.2) is 5.82 Å².